The summed E-state index contributed by atoms with van der Waals surface area (Å²) in [5.74, 6) is 1.24. The van der Waals surface area contributed by atoms with Crippen LogP contribution >= 0.6 is 0 Å². The number of carbonyl (C=O) groups is 1. The van der Waals surface area contributed by atoms with Crippen molar-refractivity contribution in [3.05, 3.63) is 6.20 Å². The van der Waals surface area contributed by atoms with Crippen LogP contribution in [0.15, 0.2) is 6.20 Å². The van der Waals surface area contributed by atoms with Gasteiger partial charge in [-0.1, -0.05) is 0 Å². The van der Waals surface area contributed by atoms with Crippen molar-refractivity contribution < 1.29 is 9.90 Å². The molecule has 2 heterocycles. The maximum absolute atomic E-state index is 11.4. The zero-order valence-corrected chi connectivity index (χ0v) is 13.2. The van der Waals surface area contributed by atoms with Crippen LogP contribution in [0.25, 0.3) is 0 Å². The van der Waals surface area contributed by atoms with E-state index in [0.29, 0.717) is 18.2 Å². The largest absolute Gasteiger partial charge is 0.465 e. The first-order valence-corrected chi connectivity index (χ1v) is 7.23. The third-order valence-electron chi connectivity index (χ3n) is 4.00. The molecular formula is C14H25N5O2. The molecule has 1 fully saturated rings. The number of hydrogen-bond donors (Lipinski definition) is 2. The van der Waals surface area contributed by atoms with Crippen LogP contribution in [0, 0.1) is 5.92 Å². The van der Waals surface area contributed by atoms with Crippen molar-refractivity contribution in [1.29, 1.82) is 0 Å². The molecule has 0 aromatic carbocycles. The van der Waals surface area contributed by atoms with Gasteiger partial charge in [-0.3, -0.25) is 4.68 Å². The average Bonchev–Trinajstić information content (AvgIpc) is 2.91. The summed E-state index contributed by atoms with van der Waals surface area (Å²) in [6, 6.07) is 0. The summed E-state index contributed by atoms with van der Waals surface area (Å²) in [7, 11) is 1.87. The first-order valence-electron chi connectivity index (χ1n) is 7.23. The molecule has 7 nitrogen and oxygen atoms in total. The van der Waals surface area contributed by atoms with E-state index in [9.17, 15) is 9.90 Å². The number of anilines is 2. The topological polar surface area (TPSA) is 87.6 Å². The molecule has 1 saturated heterocycles. The molecule has 3 N–H and O–H groups in total. The van der Waals surface area contributed by atoms with Gasteiger partial charge in [0.05, 0.1) is 11.9 Å². The molecular weight excluding hydrogens is 270 g/mol. The van der Waals surface area contributed by atoms with Gasteiger partial charge < -0.3 is 20.6 Å². The van der Waals surface area contributed by atoms with Gasteiger partial charge in [0.25, 0.3) is 0 Å². The SMILES string of the molecule is Cn1ncc(N)c1N1CC[C@H](CN(C(=O)O)C(C)(C)C)C1. The van der Waals surface area contributed by atoms with E-state index >= 15 is 0 Å². The van der Waals surface area contributed by atoms with Gasteiger partial charge in [-0.05, 0) is 33.1 Å². The van der Waals surface area contributed by atoms with E-state index in [1.54, 1.807) is 10.9 Å². The Morgan fingerprint density at radius 1 is 1.57 bits per heavy atom. The minimum absolute atomic E-state index is 0.314. The highest BCUT2D eigenvalue weighted by Gasteiger charge is 2.33. The van der Waals surface area contributed by atoms with Gasteiger partial charge in [-0.15, -0.1) is 0 Å². The summed E-state index contributed by atoms with van der Waals surface area (Å²) in [4.78, 5) is 15.1. The second-order valence-corrected chi connectivity index (χ2v) is 6.71. The first kappa shape index (κ1) is 15.5. The Balaban J connectivity index is 2.04. The Kier molecular flexibility index (Phi) is 4.02. The van der Waals surface area contributed by atoms with E-state index in [1.807, 2.05) is 27.8 Å². The summed E-state index contributed by atoms with van der Waals surface area (Å²) in [6.07, 6.45) is 1.76. The summed E-state index contributed by atoms with van der Waals surface area (Å²) in [5.41, 5.74) is 6.24. The highest BCUT2D eigenvalue weighted by molar-refractivity contribution is 5.66. The Bertz CT molecular complexity index is 500. The molecule has 7 heteroatoms. The number of aromatic nitrogens is 2. The van der Waals surface area contributed by atoms with Crippen molar-refractivity contribution in [2.45, 2.75) is 32.7 Å². The normalized spacial score (nSPS) is 19.0. The Morgan fingerprint density at radius 2 is 2.24 bits per heavy atom. The van der Waals surface area contributed by atoms with Crippen molar-refractivity contribution in [3.8, 4) is 0 Å². The lowest BCUT2D eigenvalue weighted by Crippen LogP contribution is -2.47. The highest BCUT2D eigenvalue weighted by Crippen LogP contribution is 2.29. The van der Waals surface area contributed by atoms with Crippen LogP contribution in [0.4, 0.5) is 16.3 Å². The monoisotopic (exact) mass is 295 g/mol. The predicted molar refractivity (Wildman–Crippen MR) is 82.4 cm³/mol. The van der Waals surface area contributed by atoms with Gasteiger partial charge in [-0.25, -0.2) is 4.79 Å². The van der Waals surface area contributed by atoms with Gasteiger partial charge in [-0.2, -0.15) is 5.10 Å². The lowest BCUT2D eigenvalue weighted by atomic mass is 10.0. The van der Waals surface area contributed by atoms with Crippen molar-refractivity contribution in [2.75, 3.05) is 30.3 Å². The number of aryl methyl sites for hydroxylation is 1. The smallest absolute Gasteiger partial charge is 0.407 e. The Morgan fingerprint density at radius 3 is 2.71 bits per heavy atom. The second kappa shape index (κ2) is 5.46. The molecule has 0 bridgehead atoms. The van der Waals surface area contributed by atoms with Crippen LogP contribution in [0.5, 0.6) is 0 Å². The molecule has 1 aromatic rings. The molecule has 118 valence electrons. The van der Waals surface area contributed by atoms with Crippen LogP contribution in [-0.2, 0) is 7.05 Å². The molecule has 0 spiro atoms. The van der Waals surface area contributed by atoms with E-state index in [4.69, 9.17) is 5.73 Å². The third-order valence-corrected chi connectivity index (χ3v) is 4.00. The number of carboxylic acid groups (broad SMARTS) is 1. The molecule has 2 rings (SSSR count). The van der Waals surface area contributed by atoms with Crippen molar-refractivity contribution >= 4 is 17.6 Å². The molecule has 0 unspecified atom stereocenters. The summed E-state index contributed by atoms with van der Waals surface area (Å²) >= 11 is 0. The highest BCUT2D eigenvalue weighted by atomic mass is 16.4. The molecule has 0 aliphatic carbocycles. The molecule has 1 aliphatic heterocycles. The second-order valence-electron chi connectivity index (χ2n) is 6.71. The Labute approximate surface area is 125 Å². The average molecular weight is 295 g/mol. The fourth-order valence-corrected chi connectivity index (χ4v) is 2.91. The summed E-state index contributed by atoms with van der Waals surface area (Å²) in [5, 5.41) is 13.5. The molecule has 1 atom stereocenters. The van der Waals surface area contributed by atoms with Gasteiger partial charge >= 0.3 is 6.09 Å². The van der Waals surface area contributed by atoms with E-state index in [-0.39, 0.29) is 5.54 Å². The Hall–Kier alpha value is -1.92. The van der Waals surface area contributed by atoms with Crippen LogP contribution in [-0.4, -0.2) is 51.1 Å². The standard InChI is InChI=1S/C14H25N5O2/c1-14(2,3)19(13(20)21)9-10-5-6-18(8-10)12-11(15)7-16-17(12)4/h7,10H,5-6,8-9,15H2,1-4H3,(H,20,21)/t10-/m0/s1. The van der Waals surface area contributed by atoms with E-state index in [0.717, 1.165) is 25.3 Å². The number of amides is 1. The number of hydrogen-bond acceptors (Lipinski definition) is 4. The molecule has 0 radical (unpaired) electrons. The van der Waals surface area contributed by atoms with E-state index < -0.39 is 6.09 Å². The predicted octanol–water partition coefficient (Wildman–Crippen LogP) is 1.61. The quantitative estimate of drug-likeness (QED) is 0.884. The van der Waals surface area contributed by atoms with Crippen LogP contribution < -0.4 is 10.6 Å². The van der Waals surface area contributed by atoms with Crippen molar-refractivity contribution in [2.24, 2.45) is 13.0 Å². The lowest BCUT2D eigenvalue weighted by molar-refractivity contribution is 0.0908. The minimum atomic E-state index is -0.860. The van der Waals surface area contributed by atoms with Gasteiger partial charge in [0.15, 0.2) is 0 Å². The number of nitrogens with two attached hydrogens (primary N) is 1. The zero-order chi connectivity index (χ0) is 15.8. The van der Waals surface area contributed by atoms with Crippen LogP contribution in [0.1, 0.15) is 27.2 Å². The summed E-state index contributed by atoms with van der Waals surface area (Å²) in [6.45, 7) is 8.01. The van der Waals surface area contributed by atoms with Crippen LogP contribution in [0.3, 0.4) is 0 Å². The number of nitrogens with zero attached hydrogens (tertiary/aromatic N) is 4. The molecule has 21 heavy (non-hydrogen) atoms. The van der Waals surface area contributed by atoms with Gasteiger partial charge in [0.1, 0.15) is 5.82 Å². The number of nitrogen functional groups attached to an aromatic ring is 1. The summed E-state index contributed by atoms with van der Waals surface area (Å²) < 4.78 is 1.77. The maximum atomic E-state index is 11.4. The fourth-order valence-electron chi connectivity index (χ4n) is 2.91. The fraction of sp³-hybridized carbons (Fsp3) is 0.714. The van der Waals surface area contributed by atoms with Crippen molar-refractivity contribution in [1.82, 2.24) is 14.7 Å². The molecule has 1 aromatic heterocycles. The van der Waals surface area contributed by atoms with E-state index in [1.165, 1.54) is 4.90 Å². The minimum Gasteiger partial charge on any atom is -0.465 e. The molecule has 1 amide bonds. The molecule has 0 saturated carbocycles. The van der Waals surface area contributed by atoms with Crippen molar-refractivity contribution in [3.63, 3.8) is 0 Å². The lowest BCUT2D eigenvalue weighted by Gasteiger charge is -2.35. The van der Waals surface area contributed by atoms with E-state index in [2.05, 4.69) is 10.00 Å². The maximum Gasteiger partial charge on any atom is 0.407 e. The number of rotatable bonds is 3. The van der Waals surface area contributed by atoms with Crippen LogP contribution in [0.2, 0.25) is 0 Å². The van der Waals surface area contributed by atoms with Gasteiger partial charge in [0, 0.05) is 32.2 Å². The van der Waals surface area contributed by atoms with Gasteiger partial charge in [0.2, 0.25) is 0 Å². The first-order chi connectivity index (χ1) is 9.70. The molecule has 1 aliphatic rings. The zero-order valence-electron chi connectivity index (χ0n) is 13.2. The third kappa shape index (κ3) is 3.22.